The Kier molecular flexibility index (Phi) is 1.40. The van der Waals surface area contributed by atoms with Crippen molar-refractivity contribution in [3.05, 3.63) is 11.8 Å². The number of nitrogens with zero attached hydrogens (tertiary/aromatic N) is 1. The van der Waals surface area contributed by atoms with Gasteiger partial charge in [-0.3, -0.25) is 5.73 Å². The fraction of sp³-hybridized carbons (Fsp3) is 0.400. The van der Waals surface area contributed by atoms with E-state index in [0.717, 1.165) is 5.57 Å². The van der Waals surface area contributed by atoms with E-state index in [-0.39, 0.29) is 6.29 Å². The van der Waals surface area contributed by atoms with Gasteiger partial charge in [-0.25, -0.2) is 4.99 Å². The monoisotopic (exact) mass is 126 g/mol. The fourth-order valence-corrected chi connectivity index (χ4v) is 0.573. The first-order valence-electron chi connectivity index (χ1n) is 2.72. The number of rotatable bonds is 0. The molecule has 4 nitrogen and oxygen atoms in total. The first kappa shape index (κ1) is 6.10. The van der Waals surface area contributed by atoms with Crippen LogP contribution in [0, 0.1) is 0 Å². The molecule has 0 spiro atoms. The van der Waals surface area contributed by atoms with Gasteiger partial charge in [0.25, 0.3) is 0 Å². The molecule has 0 aromatic heterocycles. The summed E-state index contributed by atoms with van der Waals surface area (Å²) in [5, 5.41) is 2.81. The second-order valence-corrected chi connectivity index (χ2v) is 1.95. The molecular formula is C5H10N4. The Morgan fingerprint density at radius 2 is 2.44 bits per heavy atom. The van der Waals surface area contributed by atoms with Crippen LogP contribution < -0.4 is 16.8 Å². The molecule has 1 rings (SSSR count). The summed E-state index contributed by atoms with van der Waals surface area (Å²) >= 11 is 0. The van der Waals surface area contributed by atoms with Crippen LogP contribution in [0.4, 0.5) is 0 Å². The lowest BCUT2D eigenvalue weighted by atomic mass is 10.3. The van der Waals surface area contributed by atoms with Gasteiger partial charge in [0.2, 0.25) is 0 Å². The number of hydrogen-bond acceptors (Lipinski definition) is 4. The Morgan fingerprint density at radius 3 is 2.89 bits per heavy atom. The topological polar surface area (TPSA) is 76.4 Å². The van der Waals surface area contributed by atoms with Gasteiger partial charge >= 0.3 is 0 Å². The lowest BCUT2D eigenvalue weighted by Crippen LogP contribution is -2.38. The Labute approximate surface area is 53.6 Å². The zero-order chi connectivity index (χ0) is 6.85. The maximum atomic E-state index is 5.43. The first-order valence-corrected chi connectivity index (χ1v) is 2.72. The maximum Gasteiger partial charge on any atom is 0.173 e. The van der Waals surface area contributed by atoms with Crippen molar-refractivity contribution in [1.29, 1.82) is 0 Å². The third kappa shape index (κ3) is 1.20. The van der Waals surface area contributed by atoms with Crippen LogP contribution in [-0.2, 0) is 0 Å². The highest BCUT2D eigenvalue weighted by atomic mass is 15.2. The van der Waals surface area contributed by atoms with Crippen LogP contribution in [-0.4, -0.2) is 12.1 Å². The van der Waals surface area contributed by atoms with E-state index in [1.165, 1.54) is 0 Å². The average Bonchev–Trinajstić information content (AvgIpc) is 1.80. The molecule has 1 unspecified atom stereocenters. The number of nitrogens with two attached hydrogens (primary N) is 2. The average molecular weight is 126 g/mol. The summed E-state index contributed by atoms with van der Waals surface area (Å²) in [5.74, 6) is 0.515. The molecule has 0 saturated heterocycles. The number of hydrogen-bond donors (Lipinski definition) is 3. The molecule has 50 valence electrons. The van der Waals surface area contributed by atoms with E-state index in [0.29, 0.717) is 5.84 Å². The summed E-state index contributed by atoms with van der Waals surface area (Å²) < 4.78 is 0. The van der Waals surface area contributed by atoms with Crippen molar-refractivity contribution in [3.8, 4) is 0 Å². The largest absolute Gasteiger partial charge is 0.384 e. The van der Waals surface area contributed by atoms with Gasteiger partial charge in [0.05, 0.1) is 0 Å². The van der Waals surface area contributed by atoms with Crippen molar-refractivity contribution in [2.75, 3.05) is 0 Å². The predicted molar refractivity (Wildman–Crippen MR) is 36.5 cm³/mol. The maximum absolute atomic E-state index is 5.43. The molecule has 0 fully saturated rings. The van der Waals surface area contributed by atoms with Crippen molar-refractivity contribution in [2.45, 2.75) is 13.2 Å². The zero-order valence-electron chi connectivity index (χ0n) is 5.26. The molecule has 0 aromatic rings. The van der Waals surface area contributed by atoms with Crippen LogP contribution >= 0.6 is 0 Å². The van der Waals surface area contributed by atoms with Crippen LogP contribution in [0.5, 0.6) is 0 Å². The Bertz CT molecular complexity index is 170. The minimum atomic E-state index is -0.367. The van der Waals surface area contributed by atoms with Gasteiger partial charge in [-0.1, -0.05) is 0 Å². The van der Waals surface area contributed by atoms with Crippen LogP contribution in [0.25, 0.3) is 0 Å². The minimum absolute atomic E-state index is 0.367. The normalized spacial score (nSPS) is 26.2. The zero-order valence-corrected chi connectivity index (χ0v) is 5.26. The lowest BCUT2D eigenvalue weighted by molar-refractivity contribution is 0.630. The van der Waals surface area contributed by atoms with Gasteiger partial charge in [0.15, 0.2) is 6.29 Å². The van der Waals surface area contributed by atoms with Crippen molar-refractivity contribution in [1.82, 2.24) is 5.32 Å². The highest BCUT2D eigenvalue weighted by Gasteiger charge is 2.04. The van der Waals surface area contributed by atoms with Gasteiger partial charge in [0, 0.05) is 11.8 Å². The lowest BCUT2D eigenvalue weighted by Gasteiger charge is -2.14. The number of aliphatic imine (C=N–C) groups is 1. The van der Waals surface area contributed by atoms with Gasteiger partial charge in [-0.15, -0.1) is 0 Å². The van der Waals surface area contributed by atoms with Gasteiger partial charge in [0.1, 0.15) is 5.84 Å². The predicted octanol–water partition coefficient (Wildman–Crippen LogP) is -0.907. The summed E-state index contributed by atoms with van der Waals surface area (Å²) in [6.07, 6.45) is 1.39. The van der Waals surface area contributed by atoms with Gasteiger partial charge in [-0.2, -0.15) is 0 Å². The van der Waals surface area contributed by atoms with E-state index in [9.17, 15) is 0 Å². The molecule has 1 heterocycles. The highest BCUT2D eigenvalue weighted by Crippen LogP contribution is 1.96. The summed E-state index contributed by atoms with van der Waals surface area (Å²) in [7, 11) is 0. The number of amidine groups is 1. The molecule has 0 bridgehead atoms. The van der Waals surface area contributed by atoms with Crippen molar-refractivity contribution >= 4 is 5.84 Å². The fourth-order valence-electron chi connectivity index (χ4n) is 0.573. The quantitative estimate of drug-likeness (QED) is 0.393. The van der Waals surface area contributed by atoms with Gasteiger partial charge in [-0.05, 0) is 6.92 Å². The van der Waals surface area contributed by atoms with E-state index < -0.39 is 0 Å². The van der Waals surface area contributed by atoms with E-state index in [1.54, 1.807) is 6.20 Å². The molecule has 4 heteroatoms. The second-order valence-electron chi connectivity index (χ2n) is 1.95. The van der Waals surface area contributed by atoms with Crippen LogP contribution in [0.2, 0.25) is 0 Å². The van der Waals surface area contributed by atoms with E-state index in [2.05, 4.69) is 10.3 Å². The molecular weight excluding hydrogens is 116 g/mol. The summed E-state index contributed by atoms with van der Waals surface area (Å²) in [5.41, 5.74) is 11.7. The van der Waals surface area contributed by atoms with Gasteiger partial charge < -0.3 is 11.1 Å². The first-order chi connectivity index (χ1) is 4.20. The third-order valence-electron chi connectivity index (χ3n) is 1.15. The summed E-state index contributed by atoms with van der Waals surface area (Å²) in [4.78, 5) is 3.86. The molecule has 1 atom stereocenters. The summed E-state index contributed by atoms with van der Waals surface area (Å²) in [6.45, 7) is 1.87. The molecule has 0 aliphatic carbocycles. The molecule has 0 aromatic carbocycles. The Morgan fingerprint density at radius 1 is 1.78 bits per heavy atom. The molecule has 0 radical (unpaired) electrons. The molecule has 0 amide bonds. The van der Waals surface area contributed by atoms with E-state index >= 15 is 0 Å². The third-order valence-corrected chi connectivity index (χ3v) is 1.15. The second kappa shape index (κ2) is 2.06. The SMILES string of the molecule is CC1=CNC(N)N=C1N. The Hall–Kier alpha value is -1.03. The number of nitrogens with one attached hydrogen (secondary N) is 1. The molecule has 0 saturated carbocycles. The van der Waals surface area contributed by atoms with Crippen LogP contribution in [0.1, 0.15) is 6.92 Å². The van der Waals surface area contributed by atoms with Crippen molar-refractivity contribution in [2.24, 2.45) is 16.5 Å². The molecule has 5 N–H and O–H groups in total. The van der Waals surface area contributed by atoms with Crippen molar-refractivity contribution in [3.63, 3.8) is 0 Å². The molecule has 9 heavy (non-hydrogen) atoms. The Balaban J connectivity index is 2.75. The van der Waals surface area contributed by atoms with E-state index in [1.807, 2.05) is 6.92 Å². The highest BCUT2D eigenvalue weighted by molar-refractivity contribution is 5.96. The van der Waals surface area contributed by atoms with Crippen LogP contribution in [0.15, 0.2) is 16.8 Å². The van der Waals surface area contributed by atoms with Crippen LogP contribution in [0.3, 0.4) is 0 Å². The minimum Gasteiger partial charge on any atom is -0.384 e. The molecule has 1 aliphatic rings. The standard InChI is InChI=1S/C5H10N4/c1-3-2-8-5(7)9-4(3)6/h2,5,8H,7H2,1H3,(H2,6,9). The molecule has 1 aliphatic heterocycles. The smallest absolute Gasteiger partial charge is 0.173 e. The van der Waals surface area contributed by atoms with Crippen molar-refractivity contribution < 1.29 is 0 Å². The van der Waals surface area contributed by atoms with E-state index in [4.69, 9.17) is 11.5 Å². The summed E-state index contributed by atoms with van der Waals surface area (Å²) in [6, 6.07) is 0.